The normalized spacial score (nSPS) is 13.3. The van der Waals surface area contributed by atoms with E-state index in [0.717, 1.165) is 11.1 Å². The number of hydrogen-bond acceptors (Lipinski definition) is 4. The fourth-order valence-corrected chi connectivity index (χ4v) is 2.14. The molecular formula is C18H16N2O3. The van der Waals surface area contributed by atoms with Crippen molar-refractivity contribution in [3.63, 3.8) is 0 Å². The van der Waals surface area contributed by atoms with Crippen molar-refractivity contribution in [1.82, 2.24) is 5.43 Å². The van der Waals surface area contributed by atoms with Gasteiger partial charge in [0.2, 0.25) is 6.79 Å². The summed E-state index contributed by atoms with van der Waals surface area (Å²) in [4.78, 5) is 12.0. The van der Waals surface area contributed by atoms with E-state index in [1.165, 1.54) is 0 Å². The number of nitrogens with one attached hydrogen (secondary N) is 1. The fourth-order valence-electron chi connectivity index (χ4n) is 2.14. The first kappa shape index (κ1) is 14.8. The van der Waals surface area contributed by atoms with Crippen molar-refractivity contribution in [2.45, 2.75) is 6.92 Å². The number of rotatable bonds is 4. The summed E-state index contributed by atoms with van der Waals surface area (Å²) < 4.78 is 10.5. The van der Waals surface area contributed by atoms with E-state index >= 15 is 0 Å². The molecule has 5 heteroatoms. The Morgan fingerprint density at radius 3 is 2.74 bits per heavy atom. The maximum absolute atomic E-state index is 12.0. The van der Waals surface area contributed by atoms with Crippen LogP contribution in [0.25, 0.3) is 6.08 Å². The molecular weight excluding hydrogens is 292 g/mol. The summed E-state index contributed by atoms with van der Waals surface area (Å²) >= 11 is 0. The van der Waals surface area contributed by atoms with E-state index < -0.39 is 0 Å². The van der Waals surface area contributed by atoms with Gasteiger partial charge in [0, 0.05) is 5.56 Å². The molecule has 23 heavy (non-hydrogen) atoms. The average molecular weight is 308 g/mol. The number of hydrogen-bond donors (Lipinski definition) is 1. The number of fused-ring (bicyclic) bond motifs is 1. The first-order valence-electron chi connectivity index (χ1n) is 7.19. The van der Waals surface area contributed by atoms with Crippen LogP contribution in [0, 0.1) is 0 Å². The molecule has 0 aromatic heterocycles. The minimum atomic E-state index is -0.299. The first-order chi connectivity index (χ1) is 11.2. The maximum Gasteiger partial charge on any atom is 0.271 e. The Hall–Kier alpha value is -3.08. The molecule has 1 amide bonds. The van der Waals surface area contributed by atoms with Crippen molar-refractivity contribution in [2.24, 2.45) is 5.10 Å². The summed E-state index contributed by atoms with van der Waals surface area (Å²) in [5.74, 6) is 0.917. The lowest BCUT2D eigenvalue weighted by molar-refractivity contribution is 0.0954. The van der Waals surface area contributed by atoms with Gasteiger partial charge in [-0.2, -0.15) is 5.10 Å². The Morgan fingerprint density at radius 2 is 1.91 bits per heavy atom. The van der Waals surface area contributed by atoms with Gasteiger partial charge >= 0.3 is 0 Å². The lowest BCUT2D eigenvalue weighted by atomic mass is 10.1. The monoisotopic (exact) mass is 308 g/mol. The second kappa shape index (κ2) is 6.79. The summed E-state index contributed by atoms with van der Waals surface area (Å²) in [5.41, 5.74) is 4.98. The molecule has 1 N–H and O–H groups in total. The predicted octanol–water partition coefficient (Wildman–Crippen LogP) is 3.23. The summed E-state index contributed by atoms with van der Waals surface area (Å²) in [6.07, 6.45) is 3.59. The molecule has 0 aliphatic carbocycles. The summed E-state index contributed by atoms with van der Waals surface area (Å²) in [5, 5.41) is 3.97. The highest BCUT2D eigenvalue weighted by Crippen LogP contribution is 2.32. The number of carbonyl (C=O) groups is 1. The zero-order valence-corrected chi connectivity index (χ0v) is 12.7. The minimum Gasteiger partial charge on any atom is -0.454 e. The van der Waals surface area contributed by atoms with E-state index in [4.69, 9.17) is 9.47 Å². The van der Waals surface area contributed by atoms with Gasteiger partial charge < -0.3 is 9.47 Å². The number of hydrazone groups is 1. The van der Waals surface area contributed by atoms with E-state index in [0.29, 0.717) is 17.1 Å². The second-order valence-electron chi connectivity index (χ2n) is 5.07. The SMILES string of the molecule is CC(/C=N\NC(=O)c1ccc2c(c1)OCO2)=C/c1ccccc1. The molecule has 0 radical (unpaired) electrons. The average Bonchev–Trinajstić information content (AvgIpc) is 3.03. The molecule has 0 bridgehead atoms. The lowest BCUT2D eigenvalue weighted by Gasteiger charge is -2.01. The van der Waals surface area contributed by atoms with E-state index in [9.17, 15) is 4.79 Å². The number of nitrogens with zero attached hydrogens (tertiary/aromatic N) is 1. The quantitative estimate of drug-likeness (QED) is 0.697. The van der Waals surface area contributed by atoms with Gasteiger partial charge in [-0.05, 0) is 36.3 Å². The van der Waals surface area contributed by atoms with Crippen LogP contribution < -0.4 is 14.9 Å². The topological polar surface area (TPSA) is 59.9 Å². The fraction of sp³-hybridized carbons (Fsp3) is 0.111. The van der Waals surface area contributed by atoms with Crippen molar-refractivity contribution >= 4 is 18.2 Å². The Kier molecular flexibility index (Phi) is 4.38. The Labute approximate surface area is 134 Å². The third kappa shape index (κ3) is 3.77. The van der Waals surface area contributed by atoms with E-state index in [1.807, 2.05) is 43.3 Å². The smallest absolute Gasteiger partial charge is 0.271 e. The Balaban J connectivity index is 1.61. The highest BCUT2D eigenvalue weighted by atomic mass is 16.7. The third-order valence-corrected chi connectivity index (χ3v) is 3.26. The largest absolute Gasteiger partial charge is 0.454 e. The number of amides is 1. The highest BCUT2D eigenvalue weighted by Gasteiger charge is 2.15. The van der Waals surface area contributed by atoms with Crippen LogP contribution >= 0.6 is 0 Å². The molecule has 1 aliphatic heterocycles. The molecule has 0 saturated heterocycles. The van der Waals surface area contributed by atoms with Crippen LogP contribution in [0.2, 0.25) is 0 Å². The summed E-state index contributed by atoms with van der Waals surface area (Å²) in [6, 6.07) is 14.9. The van der Waals surface area contributed by atoms with Crippen molar-refractivity contribution in [2.75, 3.05) is 6.79 Å². The van der Waals surface area contributed by atoms with Crippen molar-refractivity contribution in [3.05, 3.63) is 65.2 Å². The van der Waals surface area contributed by atoms with Gasteiger partial charge in [-0.3, -0.25) is 4.79 Å². The molecule has 0 fully saturated rings. The summed E-state index contributed by atoms with van der Waals surface area (Å²) in [7, 11) is 0. The zero-order chi connectivity index (χ0) is 16.1. The van der Waals surface area contributed by atoms with Gasteiger partial charge in [0.1, 0.15) is 0 Å². The number of carbonyl (C=O) groups excluding carboxylic acids is 1. The van der Waals surface area contributed by atoms with E-state index in [-0.39, 0.29) is 12.7 Å². The van der Waals surface area contributed by atoms with Crippen molar-refractivity contribution < 1.29 is 14.3 Å². The van der Waals surface area contributed by atoms with Gasteiger partial charge in [-0.25, -0.2) is 5.43 Å². The number of benzene rings is 2. The first-order valence-corrected chi connectivity index (χ1v) is 7.19. The Bertz CT molecular complexity index is 767. The predicted molar refractivity (Wildman–Crippen MR) is 88.6 cm³/mol. The molecule has 5 nitrogen and oxygen atoms in total. The van der Waals surface area contributed by atoms with Gasteiger partial charge in [0.05, 0.1) is 6.21 Å². The van der Waals surface area contributed by atoms with Crippen LogP contribution in [0.1, 0.15) is 22.8 Å². The summed E-state index contributed by atoms with van der Waals surface area (Å²) in [6.45, 7) is 2.10. The van der Waals surface area contributed by atoms with Gasteiger partial charge in [-0.1, -0.05) is 36.4 Å². The molecule has 1 heterocycles. The van der Waals surface area contributed by atoms with Crippen LogP contribution in [0.4, 0.5) is 0 Å². The molecule has 3 rings (SSSR count). The van der Waals surface area contributed by atoms with E-state index in [2.05, 4.69) is 10.5 Å². The standard InChI is InChI=1S/C18H16N2O3/c1-13(9-14-5-3-2-4-6-14)11-19-20-18(21)15-7-8-16-17(10-15)23-12-22-16/h2-11H,12H2,1H3,(H,20,21)/b13-9-,19-11-. The van der Waals surface area contributed by atoms with Gasteiger partial charge in [0.25, 0.3) is 5.91 Å². The highest BCUT2D eigenvalue weighted by molar-refractivity contribution is 5.95. The van der Waals surface area contributed by atoms with Gasteiger partial charge in [0.15, 0.2) is 11.5 Å². The molecule has 116 valence electrons. The Morgan fingerprint density at radius 1 is 1.13 bits per heavy atom. The zero-order valence-electron chi connectivity index (χ0n) is 12.7. The van der Waals surface area contributed by atoms with Crippen LogP contribution in [0.3, 0.4) is 0 Å². The third-order valence-electron chi connectivity index (χ3n) is 3.26. The van der Waals surface area contributed by atoms with Crippen LogP contribution in [-0.4, -0.2) is 18.9 Å². The van der Waals surface area contributed by atoms with Crippen molar-refractivity contribution in [1.29, 1.82) is 0 Å². The van der Waals surface area contributed by atoms with E-state index in [1.54, 1.807) is 24.4 Å². The molecule has 0 saturated carbocycles. The minimum absolute atomic E-state index is 0.183. The maximum atomic E-state index is 12.0. The van der Waals surface area contributed by atoms with Crippen molar-refractivity contribution in [3.8, 4) is 11.5 Å². The molecule has 0 spiro atoms. The molecule has 0 unspecified atom stereocenters. The van der Waals surface area contributed by atoms with Crippen LogP contribution in [0.15, 0.2) is 59.2 Å². The molecule has 0 atom stereocenters. The van der Waals surface area contributed by atoms with Crippen LogP contribution in [-0.2, 0) is 0 Å². The van der Waals surface area contributed by atoms with Crippen LogP contribution in [0.5, 0.6) is 11.5 Å². The van der Waals surface area contributed by atoms with Gasteiger partial charge in [-0.15, -0.1) is 0 Å². The molecule has 2 aromatic rings. The second-order valence-corrected chi connectivity index (χ2v) is 5.07. The molecule has 2 aromatic carbocycles. The molecule has 1 aliphatic rings. The number of allylic oxidation sites excluding steroid dienone is 1. The number of ether oxygens (including phenoxy) is 2. The lowest BCUT2D eigenvalue weighted by Crippen LogP contribution is -2.17.